The zero-order valence-corrected chi connectivity index (χ0v) is 13.2. The summed E-state index contributed by atoms with van der Waals surface area (Å²) in [6, 6.07) is 9.80. The number of aromatic nitrogens is 3. The number of hydrogen-bond acceptors (Lipinski definition) is 5. The van der Waals surface area contributed by atoms with E-state index in [1.807, 2.05) is 49.6 Å². The summed E-state index contributed by atoms with van der Waals surface area (Å²) in [5.74, 6) is 0. The highest BCUT2D eigenvalue weighted by molar-refractivity contribution is 8.01. The molecule has 4 nitrogen and oxygen atoms in total. The molecular weight excluding hydrogens is 302 g/mol. The summed E-state index contributed by atoms with van der Waals surface area (Å²) in [6.07, 6.45) is 0.866. The molecule has 0 N–H and O–H groups in total. The summed E-state index contributed by atoms with van der Waals surface area (Å²) in [7, 11) is 0. The highest BCUT2D eigenvalue weighted by Crippen LogP contribution is 2.34. The zero-order valence-electron chi connectivity index (χ0n) is 11.6. The van der Waals surface area contributed by atoms with E-state index in [-0.39, 0.29) is 0 Å². The summed E-state index contributed by atoms with van der Waals surface area (Å²) in [4.78, 5) is 15.9. The van der Waals surface area contributed by atoms with E-state index in [1.54, 1.807) is 16.0 Å². The lowest BCUT2D eigenvalue weighted by molar-refractivity contribution is 0.112. The van der Waals surface area contributed by atoms with Crippen LogP contribution >= 0.6 is 23.1 Å². The van der Waals surface area contributed by atoms with Gasteiger partial charge >= 0.3 is 0 Å². The molecule has 0 saturated carbocycles. The fourth-order valence-electron chi connectivity index (χ4n) is 1.96. The van der Waals surface area contributed by atoms with Crippen LogP contribution in [0.3, 0.4) is 0 Å². The third-order valence-corrected chi connectivity index (χ3v) is 5.11. The Bertz CT molecular complexity index is 778. The molecule has 0 aliphatic heterocycles. The Morgan fingerprint density at radius 3 is 2.62 bits per heavy atom. The number of thiazole rings is 1. The highest BCUT2D eigenvalue weighted by atomic mass is 32.2. The molecule has 0 bridgehead atoms. The Morgan fingerprint density at radius 1 is 1.24 bits per heavy atom. The van der Waals surface area contributed by atoms with Crippen LogP contribution in [0.5, 0.6) is 0 Å². The van der Waals surface area contributed by atoms with Crippen LogP contribution in [0.1, 0.15) is 21.7 Å². The van der Waals surface area contributed by atoms with Gasteiger partial charge in [-0.1, -0.05) is 18.2 Å². The van der Waals surface area contributed by atoms with Crippen LogP contribution in [0.4, 0.5) is 0 Å². The summed E-state index contributed by atoms with van der Waals surface area (Å²) in [6.45, 7) is 3.81. The smallest absolute Gasteiger partial charge is 0.156 e. The monoisotopic (exact) mass is 315 g/mol. The minimum absolute atomic E-state index is 0.622. The first-order chi connectivity index (χ1) is 10.2. The Kier molecular flexibility index (Phi) is 3.90. The molecule has 0 aliphatic carbocycles. The van der Waals surface area contributed by atoms with Crippen molar-refractivity contribution < 1.29 is 4.79 Å². The van der Waals surface area contributed by atoms with Gasteiger partial charge in [0.05, 0.1) is 16.9 Å². The maximum atomic E-state index is 11.4. The van der Waals surface area contributed by atoms with Crippen molar-refractivity contribution in [1.29, 1.82) is 0 Å². The molecule has 0 fully saturated rings. The van der Waals surface area contributed by atoms with E-state index in [9.17, 15) is 4.79 Å². The Labute approximate surface area is 130 Å². The Hall–Kier alpha value is -1.92. The molecule has 106 valence electrons. The number of rotatable bonds is 4. The average Bonchev–Trinajstić information content (AvgIpc) is 3.04. The SMILES string of the molecule is Cc1csc(Sc2c(C=O)c(C)nn2-c2ccccc2)n1. The molecular formula is C15H13N3OS2. The number of carbonyl (C=O) groups excluding carboxylic acids is 1. The zero-order chi connectivity index (χ0) is 14.8. The van der Waals surface area contributed by atoms with Gasteiger partial charge in [0.1, 0.15) is 5.03 Å². The van der Waals surface area contributed by atoms with Crippen molar-refractivity contribution in [3.8, 4) is 5.69 Å². The topological polar surface area (TPSA) is 47.8 Å². The number of aldehydes is 1. The molecule has 2 aromatic heterocycles. The van der Waals surface area contributed by atoms with Gasteiger partial charge in [0.2, 0.25) is 0 Å². The van der Waals surface area contributed by atoms with Crippen molar-refractivity contribution in [3.05, 3.63) is 52.7 Å². The third-order valence-electron chi connectivity index (χ3n) is 2.96. The predicted molar refractivity (Wildman–Crippen MR) is 84.7 cm³/mol. The minimum atomic E-state index is 0.622. The van der Waals surface area contributed by atoms with E-state index >= 15 is 0 Å². The first-order valence-electron chi connectivity index (χ1n) is 6.39. The standard InChI is InChI=1S/C15H13N3OS2/c1-10-9-20-15(16-10)21-14-13(8-19)11(2)17-18(14)12-6-4-3-5-7-12/h3-9H,1-2H3. The normalized spacial score (nSPS) is 10.8. The van der Waals surface area contributed by atoms with E-state index in [2.05, 4.69) is 10.1 Å². The summed E-state index contributed by atoms with van der Waals surface area (Å²) >= 11 is 3.05. The maximum Gasteiger partial charge on any atom is 0.156 e. The number of aryl methyl sites for hydroxylation is 2. The van der Waals surface area contributed by atoms with Crippen molar-refractivity contribution in [2.75, 3.05) is 0 Å². The van der Waals surface area contributed by atoms with E-state index in [0.717, 1.165) is 32.7 Å². The van der Waals surface area contributed by atoms with Crippen molar-refractivity contribution >= 4 is 29.4 Å². The van der Waals surface area contributed by atoms with E-state index in [4.69, 9.17) is 0 Å². The lowest BCUT2D eigenvalue weighted by atomic mass is 10.3. The lowest BCUT2D eigenvalue weighted by Gasteiger charge is -2.06. The van der Waals surface area contributed by atoms with Gasteiger partial charge in [-0.05, 0) is 37.7 Å². The minimum Gasteiger partial charge on any atom is -0.298 e. The Balaban J connectivity index is 2.10. The number of nitrogens with zero attached hydrogens (tertiary/aromatic N) is 3. The second kappa shape index (κ2) is 5.83. The number of carbonyl (C=O) groups is 1. The Morgan fingerprint density at radius 2 is 2.00 bits per heavy atom. The van der Waals surface area contributed by atoms with Crippen molar-refractivity contribution in [2.24, 2.45) is 0 Å². The molecule has 0 amide bonds. The highest BCUT2D eigenvalue weighted by Gasteiger charge is 2.18. The first kappa shape index (κ1) is 14.0. The second-order valence-electron chi connectivity index (χ2n) is 4.53. The summed E-state index contributed by atoms with van der Waals surface area (Å²) < 4.78 is 2.72. The van der Waals surface area contributed by atoms with Crippen molar-refractivity contribution in [1.82, 2.24) is 14.8 Å². The van der Waals surface area contributed by atoms with Crippen LogP contribution in [0, 0.1) is 13.8 Å². The maximum absolute atomic E-state index is 11.4. The van der Waals surface area contributed by atoms with E-state index in [1.165, 1.54) is 11.8 Å². The molecule has 1 aromatic carbocycles. The van der Waals surface area contributed by atoms with E-state index < -0.39 is 0 Å². The molecule has 2 heterocycles. The third kappa shape index (κ3) is 2.77. The molecule has 0 spiro atoms. The molecule has 0 saturated heterocycles. The van der Waals surface area contributed by atoms with Gasteiger partial charge < -0.3 is 0 Å². The van der Waals surface area contributed by atoms with Gasteiger partial charge in [-0.25, -0.2) is 9.67 Å². The fraction of sp³-hybridized carbons (Fsp3) is 0.133. The van der Waals surface area contributed by atoms with Crippen LogP contribution in [-0.2, 0) is 0 Å². The van der Waals surface area contributed by atoms with Crippen LogP contribution < -0.4 is 0 Å². The number of benzene rings is 1. The summed E-state index contributed by atoms with van der Waals surface area (Å²) in [5.41, 5.74) is 3.27. The average molecular weight is 315 g/mol. The van der Waals surface area contributed by atoms with Gasteiger partial charge in [-0.2, -0.15) is 5.10 Å². The van der Waals surface area contributed by atoms with Crippen LogP contribution in [0.2, 0.25) is 0 Å². The molecule has 3 rings (SSSR count). The van der Waals surface area contributed by atoms with Gasteiger partial charge in [-0.3, -0.25) is 4.79 Å². The van der Waals surface area contributed by atoms with Crippen LogP contribution in [0.25, 0.3) is 5.69 Å². The molecule has 0 unspecified atom stereocenters. The van der Waals surface area contributed by atoms with Crippen LogP contribution in [0.15, 0.2) is 45.1 Å². The lowest BCUT2D eigenvalue weighted by Crippen LogP contribution is -1.98. The molecule has 0 atom stereocenters. The molecule has 3 aromatic rings. The molecule has 0 aliphatic rings. The van der Waals surface area contributed by atoms with Crippen molar-refractivity contribution in [3.63, 3.8) is 0 Å². The fourth-order valence-corrected chi connectivity index (χ4v) is 3.95. The molecule has 0 radical (unpaired) electrons. The second-order valence-corrected chi connectivity index (χ2v) is 6.62. The first-order valence-corrected chi connectivity index (χ1v) is 8.09. The number of hydrogen-bond donors (Lipinski definition) is 0. The quantitative estimate of drug-likeness (QED) is 0.685. The van der Waals surface area contributed by atoms with Gasteiger partial charge in [-0.15, -0.1) is 11.3 Å². The van der Waals surface area contributed by atoms with Gasteiger partial charge in [0, 0.05) is 11.1 Å². The van der Waals surface area contributed by atoms with Crippen LogP contribution in [-0.4, -0.2) is 21.1 Å². The molecule has 21 heavy (non-hydrogen) atoms. The van der Waals surface area contributed by atoms with Gasteiger partial charge in [0.25, 0.3) is 0 Å². The number of para-hydroxylation sites is 1. The summed E-state index contributed by atoms with van der Waals surface area (Å²) in [5, 5.41) is 7.30. The van der Waals surface area contributed by atoms with E-state index in [0.29, 0.717) is 5.56 Å². The molecule has 6 heteroatoms. The van der Waals surface area contributed by atoms with Gasteiger partial charge in [0.15, 0.2) is 10.6 Å². The largest absolute Gasteiger partial charge is 0.298 e. The van der Waals surface area contributed by atoms with Crippen molar-refractivity contribution in [2.45, 2.75) is 23.2 Å². The predicted octanol–water partition coefficient (Wildman–Crippen LogP) is 3.91.